The first kappa shape index (κ1) is 14.8. The summed E-state index contributed by atoms with van der Waals surface area (Å²) in [4.78, 5) is 0. The molecular formula is C19H24NP. The second-order valence-electron chi connectivity index (χ2n) is 6.03. The highest BCUT2D eigenvalue weighted by atomic mass is 31.1. The zero-order valence-corrected chi connectivity index (χ0v) is 13.5. The number of nitrogens with two attached hydrogens (primary N) is 1. The Morgan fingerprint density at radius 1 is 0.857 bits per heavy atom. The molecule has 1 aliphatic rings. The molecule has 1 nitrogen and oxygen atoms in total. The maximum Gasteiger partial charge on any atom is 0.0178 e. The Hall–Kier alpha value is -1.17. The third kappa shape index (κ3) is 3.36. The van der Waals surface area contributed by atoms with Gasteiger partial charge in [-0.3, -0.25) is 0 Å². The fourth-order valence-corrected chi connectivity index (χ4v) is 5.20. The topological polar surface area (TPSA) is 26.0 Å². The average molecular weight is 297 g/mol. The average Bonchev–Trinajstić information content (AvgIpc) is 2.57. The van der Waals surface area contributed by atoms with Crippen molar-refractivity contribution >= 4 is 13.9 Å². The van der Waals surface area contributed by atoms with Crippen molar-refractivity contribution in [3.05, 3.63) is 65.7 Å². The summed E-state index contributed by atoms with van der Waals surface area (Å²) in [6.07, 6.45) is 6.78. The van der Waals surface area contributed by atoms with Crippen molar-refractivity contribution < 1.29 is 0 Å². The van der Waals surface area contributed by atoms with Gasteiger partial charge in [-0.25, -0.2) is 0 Å². The molecule has 0 spiro atoms. The minimum Gasteiger partial charge on any atom is -0.326 e. The first-order valence-corrected chi connectivity index (χ1v) is 8.95. The van der Waals surface area contributed by atoms with E-state index < -0.39 is 0 Å². The molecule has 0 heterocycles. The van der Waals surface area contributed by atoms with E-state index >= 15 is 0 Å². The zero-order valence-electron chi connectivity index (χ0n) is 12.5. The maximum absolute atomic E-state index is 5.70. The number of rotatable bonds is 4. The lowest BCUT2D eigenvalue weighted by Gasteiger charge is -2.38. The second kappa shape index (κ2) is 6.73. The van der Waals surface area contributed by atoms with Gasteiger partial charge in [0.1, 0.15) is 0 Å². The molecule has 1 saturated carbocycles. The molecule has 1 fully saturated rings. The van der Waals surface area contributed by atoms with Gasteiger partial charge < -0.3 is 5.73 Å². The first-order chi connectivity index (χ1) is 10.3. The minimum absolute atomic E-state index is 0.365. The van der Waals surface area contributed by atoms with Crippen LogP contribution in [0.5, 0.6) is 0 Å². The molecule has 2 aromatic carbocycles. The SMILES string of the molecule is NCc1ccc(PC2(c3ccccc3)CCCCC2)cc1. The predicted molar refractivity (Wildman–Crippen MR) is 93.5 cm³/mol. The lowest BCUT2D eigenvalue weighted by Crippen LogP contribution is -2.26. The third-order valence-corrected chi connectivity index (χ3v) is 6.50. The summed E-state index contributed by atoms with van der Waals surface area (Å²) >= 11 is 0. The van der Waals surface area contributed by atoms with E-state index in [2.05, 4.69) is 54.6 Å². The van der Waals surface area contributed by atoms with Gasteiger partial charge in [0, 0.05) is 11.7 Å². The molecule has 21 heavy (non-hydrogen) atoms. The van der Waals surface area contributed by atoms with Crippen molar-refractivity contribution in [3.8, 4) is 0 Å². The van der Waals surface area contributed by atoms with Crippen molar-refractivity contribution in [1.29, 1.82) is 0 Å². The molecule has 110 valence electrons. The monoisotopic (exact) mass is 297 g/mol. The number of hydrogen-bond acceptors (Lipinski definition) is 1. The van der Waals surface area contributed by atoms with Crippen LogP contribution < -0.4 is 11.0 Å². The molecule has 0 bridgehead atoms. The summed E-state index contributed by atoms with van der Waals surface area (Å²) in [5, 5.41) is 1.84. The normalized spacial score (nSPS) is 18.1. The van der Waals surface area contributed by atoms with Gasteiger partial charge in [0.15, 0.2) is 0 Å². The summed E-state index contributed by atoms with van der Waals surface area (Å²) in [6.45, 7) is 0.632. The second-order valence-corrected chi connectivity index (χ2v) is 7.82. The van der Waals surface area contributed by atoms with Gasteiger partial charge >= 0.3 is 0 Å². The van der Waals surface area contributed by atoms with Crippen LogP contribution >= 0.6 is 8.58 Å². The van der Waals surface area contributed by atoms with Crippen molar-refractivity contribution in [2.45, 2.75) is 43.8 Å². The van der Waals surface area contributed by atoms with Crippen LogP contribution in [0.3, 0.4) is 0 Å². The van der Waals surface area contributed by atoms with Gasteiger partial charge in [0.25, 0.3) is 0 Å². The van der Waals surface area contributed by atoms with Crippen molar-refractivity contribution in [2.75, 3.05) is 0 Å². The van der Waals surface area contributed by atoms with Gasteiger partial charge in [-0.2, -0.15) is 0 Å². The highest BCUT2D eigenvalue weighted by Crippen LogP contribution is 2.51. The van der Waals surface area contributed by atoms with E-state index in [4.69, 9.17) is 5.73 Å². The highest BCUT2D eigenvalue weighted by molar-refractivity contribution is 7.48. The number of hydrogen-bond donors (Lipinski definition) is 1. The van der Waals surface area contributed by atoms with E-state index in [1.165, 1.54) is 48.5 Å². The summed E-state index contributed by atoms with van der Waals surface area (Å²) in [5.41, 5.74) is 8.46. The third-order valence-electron chi connectivity index (χ3n) is 4.61. The van der Waals surface area contributed by atoms with Gasteiger partial charge in [-0.1, -0.05) is 82.4 Å². The van der Waals surface area contributed by atoms with Gasteiger partial charge in [-0.05, 0) is 29.3 Å². The molecule has 2 aromatic rings. The molecule has 3 rings (SSSR count). The van der Waals surface area contributed by atoms with Gasteiger partial charge in [0.2, 0.25) is 0 Å². The molecule has 0 aliphatic heterocycles. The summed E-state index contributed by atoms with van der Waals surface area (Å²) in [6, 6.07) is 20.1. The molecule has 0 aromatic heterocycles. The van der Waals surface area contributed by atoms with E-state index in [9.17, 15) is 0 Å². The van der Waals surface area contributed by atoms with Crippen molar-refractivity contribution in [3.63, 3.8) is 0 Å². The van der Waals surface area contributed by atoms with E-state index in [0.29, 0.717) is 11.7 Å². The quantitative estimate of drug-likeness (QED) is 0.836. The lowest BCUT2D eigenvalue weighted by atomic mass is 9.83. The first-order valence-electron chi connectivity index (χ1n) is 7.95. The molecule has 0 radical (unpaired) electrons. The molecule has 2 N–H and O–H groups in total. The van der Waals surface area contributed by atoms with Crippen molar-refractivity contribution in [2.24, 2.45) is 5.73 Å². The Morgan fingerprint density at radius 2 is 1.52 bits per heavy atom. The molecular weight excluding hydrogens is 273 g/mol. The van der Waals surface area contributed by atoms with E-state index in [1.54, 1.807) is 0 Å². The van der Waals surface area contributed by atoms with Crippen LogP contribution in [0.15, 0.2) is 54.6 Å². The lowest BCUT2D eigenvalue weighted by molar-refractivity contribution is 0.404. The Morgan fingerprint density at radius 3 is 2.14 bits per heavy atom. The van der Waals surface area contributed by atoms with Gasteiger partial charge in [0.05, 0.1) is 0 Å². The fourth-order valence-electron chi connectivity index (χ4n) is 3.40. The summed E-state index contributed by atoms with van der Waals surface area (Å²) in [7, 11) is 0.858. The fraction of sp³-hybridized carbons (Fsp3) is 0.368. The Labute approximate surface area is 129 Å². The molecule has 2 heteroatoms. The summed E-state index contributed by atoms with van der Waals surface area (Å²) in [5.74, 6) is 0. The zero-order chi connectivity index (χ0) is 14.5. The molecule has 1 atom stereocenters. The highest BCUT2D eigenvalue weighted by Gasteiger charge is 2.33. The minimum atomic E-state index is 0.365. The maximum atomic E-state index is 5.70. The van der Waals surface area contributed by atoms with E-state index in [1.807, 2.05) is 0 Å². The number of benzene rings is 2. The van der Waals surface area contributed by atoms with Crippen LogP contribution in [-0.4, -0.2) is 0 Å². The largest absolute Gasteiger partial charge is 0.326 e. The molecule has 0 amide bonds. The smallest absolute Gasteiger partial charge is 0.0178 e. The Bertz CT molecular complexity index is 556. The van der Waals surface area contributed by atoms with Crippen LogP contribution in [0, 0.1) is 0 Å². The van der Waals surface area contributed by atoms with Crippen LogP contribution in [0.25, 0.3) is 0 Å². The Kier molecular flexibility index (Phi) is 4.73. The Balaban J connectivity index is 1.88. The predicted octanol–water partition coefficient (Wildman–Crippen LogP) is 4.31. The van der Waals surface area contributed by atoms with Gasteiger partial charge in [-0.15, -0.1) is 0 Å². The standard InChI is InChI=1S/C19H24NP/c20-15-16-9-11-18(12-10-16)21-19(13-5-2-6-14-19)17-7-3-1-4-8-17/h1,3-4,7-12,21H,2,5-6,13-15,20H2. The van der Waals surface area contributed by atoms with Crippen LogP contribution in [-0.2, 0) is 11.7 Å². The van der Waals surface area contributed by atoms with Crippen LogP contribution in [0.1, 0.15) is 43.2 Å². The molecule has 1 aliphatic carbocycles. The van der Waals surface area contributed by atoms with E-state index in [0.717, 1.165) is 8.58 Å². The molecule has 0 saturated heterocycles. The summed E-state index contributed by atoms with van der Waals surface area (Å²) < 4.78 is 0. The molecule has 1 unspecified atom stereocenters. The van der Waals surface area contributed by atoms with Crippen LogP contribution in [0.2, 0.25) is 0 Å². The van der Waals surface area contributed by atoms with Crippen LogP contribution in [0.4, 0.5) is 0 Å². The van der Waals surface area contributed by atoms with E-state index in [-0.39, 0.29) is 0 Å². The van der Waals surface area contributed by atoms with Crippen molar-refractivity contribution in [1.82, 2.24) is 0 Å².